The number of nitrogens with zero attached hydrogens (tertiary/aromatic N) is 2. The van der Waals surface area contributed by atoms with Gasteiger partial charge in [0.05, 0.1) is 30.9 Å². The number of ether oxygens (including phenoxy) is 1. The molecule has 2 fully saturated rings. The van der Waals surface area contributed by atoms with E-state index < -0.39 is 0 Å². The molecule has 1 aromatic rings. The second kappa shape index (κ2) is 5.38. The van der Waals surface area contributed by atoms with E-state index in [0.717, 1.165) is 45.4 Å². The van der Waals surface area contributed by atoms with Crippen LogP contribution in [0.2, 0.25) is 0 Å². The van der Waals surface area contributed by atoms with E-state index in [4.69, 9.17) is 4.74 Å². The standard InChI is InChI=1S/C13H21N3O2/c17-11-3-1-10(2-4-11)16-9-15-7-12(16)13-8-14-5-6-18-13/h7,9-11,13-14,17H,1-6,8H2. The Labute approximate surface area is 107 Å². The molecule has 5 nitrogen and oxygen atoms in total. The minimum atomic E-state index is -0.110. The molecule has 100 valence electrons. The predicted molar refractivity (Wildman–Crippen MR) is 67.3 cm³/mol. The highest BCUT2D eigenvalue weighted by molar-refractivity contribution is 5.07. The molecule has 1 saturated carbocycles. The molecule has 2 N–H and O–H groups in total. The van der Waals surface area contributed by atoms with Gasteiger partial charge in [-0.1, -0.05) is 0 Å². The zero-order chi connectivity index (χ0) is 12.4. The van der Waals surface area contributed by atoms with Crippen LogP contribution in [0.15, 0.2) is 12.5 Å². The average molecular weight is 251 g/mol. The fourth-order valence-electron chi connectivity index (χ4n) is 2.96. The number of aliphatic hydroxyl groups is 1. The van der Waals surface area contributed by atoms with E-state index in [1.54, 1.807) is 0 Å². The topological polar surface area (TPSA) is 59.3 Å². The Balaban J connectivity index is 1.74. The third kappa shape index (κ3) is 2.43. The number of imidazole rings is 1. The largest absolute Gasteiger partial charge is 0.393 e. The van der Waals surface area contributed by atoms with E-state index in [2.05, 4.69) is 14.9 Å². The monoisotopic (exact) mass is 251 g/mol. The molecule has 0 radical (unpaired) electrons. The predicted octanol–water partition coefficient (Wildman–Crippen LogP) is 1.02. The SMILES string of the molecule is OC1CCC(n2cncc2C2CNCCO2)CC1. The summed E-state index contributed by atoms with van der Waals surface area (Å²) in [5, 5.41) is 12.9. The molecule has 0 spiro atoms. The summed E-state index contributed by atoms with van der Waals surface area (Å²) in [6.45, 7) is 2.56. The lowest BCUT2D eigenvalue weighted by Gasteiger charge is -2.30. The van der Waals surface area contributed by atoms with Crippen molar-refractivity contribution >= 4 is 0 Å². The molecule has 18 heavy (non-hydrogen) atoms. The molecule has 3 rings (SSSR count). The van der Waals surface area contributed by atoms with Crippen LogP contribution in [0, 0.1) is 0 Å². The minimum Gasteiger partial charge on any atom is -0.393 e. The van der Waals surface area contributed by atoms with Gasteiger partial charge in [-0.05, 0) is 25.7 Å². The van der Waals surface area contributed by atoms with Crippen molar-refractivity contribution in [2.24, 2.45) is 0 Å². The molecule has 2 heterocycles. The van der Waals surface area contributed by atoms with Gasteiger partial charge in [0.15, 0.2) is 0 Å². The summed E-state index contributed by atoms with van der Waals surface area (Å²) >= 11 is 0. The number of nitrogens with one attached hydrogen (secondary N) is 1. The van der Waals surface area contributed by atoms with Gasteiger partial charge in [0.1, 0.15) is 6.10 Å². The van der Waals surface area contributed by atoms with Crippen LogP contribution in [0.1, 0.15) is 43.5 Å². The van der Waals surface area contributed by atoms with Crippen LogP contribution in [0.3, 0.4) is 0 Å². The number of morpholine rings is 1. The van der Waals surface area contributed by atoms with Crippen molar-refractivity contribution in [2.75, 3.05) is 19.7 Å². The summed E-state index contributed by atoms with van der Waals surface area (Å²) in [5.74, 6) is 0. The Morgan fingerprint density at radius 3 is 2.89 bits per heavy atom. The number of hydrogen-bond donors (Lipinski definition) is 2. The van der Waals surface area contributed by atoms with E-state index in [0.29, 0.717) is 6.04 Å². The van der Waals surface area contributed by atoms with E-state index in [9.17, 15) is 5.11 Å². The number of rotatable bonds is 2. The second-order valence-corrected chi connectivity index (χ2v) is 5.25. The molecular weight excluding hydrogens is 230 g/mol. The van der Waals surface area contributed by atoms with Gasteiger partial charge in [-0.15, -0.1) is 0 Å². The number of hydrogen-bond acceptors (Lipinski definition) is 4. The summed E-state index contributed by atoms with van der Waals surface area (Å²) in [6.07, 6.45) is 7.69. The first-order valence-electron chi connectivity index (χ1n) is 6.86. The lowest BCUT2D eigenvalue weighted by molar-refractivity contribution is 0.0204. The van der Waals surface area contributed by atoms with Crippen LogP contribution >= 0.6 is 0 Å². The zero-order valence-electron chi connectivity index (χ0n) is 10.6. The third-order valence-corrected chi connectivity index (χ3v) is 4.01. The first kappa shape index (κ1) is 12.1. The Bertz CT molecular complexity index is 379. The number of aliphatic hydroxyl groups excluding tert-OH is 1. The lowest BCUT2D eigenvalue weighted by Crippen LogP contribution is -2.35. The quantitative estimate of drug-likeness (QED) is 0.824. The first-order chi connectivity index (χ1) is 8.84. The van der Waals surface area contributed by atoms with Gasteiger partial charge in [-0.3, -0.25) is 0 Å². The van der Waals surface area contributed by atoms with Crippen LogP contribution in [0.25, 0.3) is 0 Å². The molecule has 1 unspecified atom stereocenters. The van der Waals surface area contributed by atoms with Gasteiger partial charge in [0.25, 0.3) is 0 Å². The average Bonchev–Trinajstić information content (AvgIpc) is 2.90. The van der Waals surface area contributed by atoms with Gasteiger partial charge in [-0.2, -0.15) is 0 Å². The Hall–Kier alpha value is -0.910. The highest BCUT2D eigenvalue weighted by atomic mass is 16.5. The van der Waals surface area contributed by atoms with Crippen molar-refractivity contribution in [3.05, 3.63) is 18.2 Å². The molecule has 1 aliphatic heterocycles. The molecule has 1 atom stereocenters. The normalized spacial score (nSPS) is 33.5. The van der Waals surface area contributed by atoms with Crippen LogP contribution in [0.5, 0.6) is 0 Å². The third-order valence-electron chi connectivity index (χ3n) is 4.01. The molecule has 0 amide bonds. The van der Waals surface area contributed by atoms with Crippen LogP contribution in [-0.4, -0.2) is 40.5 Å². The number of aromatic nitrogens is 2. The van der Waals surface area contributed by atoms with Crippen molar-refractivity contribution in [3.8, 4) is 0 Å². The van der Waals surface area contributed by atoms with Gasteiger partial charge in [-0.25, -0.2) is 4.98 Å². The van der Waals surface area contributed by atoms with Gasteiger partial charge < -0.3 is 19.7 Å². The van der Waals surface area contributed by atoms with Crippen molar-refractivity contribution in [1.82, 2.24) is 14.9 Å². The summed E-state index contributed by atoms with van der Waals surface area (Å²) < 4.78 is 8.06. The van der Waals surface area contributed by atoms with Gasteiger partial charge >= 0.3 is 0 Å². The molecule has 0 aromatic carbocycles. The fourth-order valence-corrected chi connectivity index (χ4v) is 2.96. The van der Waals surface area contributed by atoms with E-state index in [1.165, 1.54) is 5.69 Å². The van der Waals surface area contributed by atoms with Crippen molar-refractivity contribution < 1.29 is 9.84 Å². The maximum Gasteiger partial charge on any atom is 0.111 e. The van der Waals surface area contributed by atoms with Crippen molar-refractivity contribution in [3.63, 3.8) is 0 Å². The smallest absolute Gasteiger partial charge is 0.111 e. The van der Waals surface area contributed by atoms with Crippen molar-refractivity contribution in [1.29, 1.82) is 0 Å². The van der Waals surface area contributed by atoms with Crippen LogP contribution in [-0.2, 0) is 4.74 Å². The first-order valence-corrected chi connectivity index (χ1v) is 6.86. The molecule has 0 bridgehead atoms. The maximum atomic E-state index is 9.58. The highest BCUT2D eigenvalue weighted by Gasteiger charge is 2.26. The maximum absolute atomic E-state index is 9.58. The summed E-state index contributed by atoms with van der Waals surface area (Å²) in [7, 11) is 0. The summed E-state index contributed by atoms with van der Waals surface area (Å²) in [5.41, 5.74) is 1.17. The van der Waals surface area contributed by atoms with E-state index in [1.807, 2.05) is 12.5 Å². The van der Waals surface area contributed by atoms with Crippen molar-refractivity contribution in [2.45, 2.75) is 43.9 Å². The molecule has 2 aliphatic rings. The molecule has 5 heteroatoms. The van der Waals surface area contributed by atoms with Crippen LogP contribution in [0.4, 0.5) is 0 Å². The van der Waals surface area contributed by atoms with Gasteiger partial charge in [0.2, 0.25) is 0 Å². The second-order valence-electron chi connectivity index (χ2n) is 5.25. The lowest BCUT2D eigenvalue weighted by atomic mass is 9.92. The zero-order valence-corrected chi connectivity index (χ0v) is 10.6. The fraction of sp³-hybridized carbons (Fsp3) is 0.769. The molecule has 1 aliphatic carbocycles. The minimum absolute atomic E-state index is 0.110. The molecular formula is C13H21N3O2. The van der Waals surface area contributed by atoms with E-state index in [-0.39, 0.29) is 12.2 Å². The Morgan fingerprint density at radius 1 is 1.33 bits per heavy atom. The molecule has 1 aromatic heterocycles. The van der Waals surface area contributed by atoms with Gasteiger partial charge in [0, 0.05) is 19.1 Å². The summed E-state index contributed by atoms with van der Waals surface area (Å²) in [4.78, 5) is 4.28. The Morgan fingerprint density at radius 2 is 2.17 bits per heavy atom. The summed E-state index contributed by atoms with van der Waals surface area (Å²) in [6, 6.07) is 0.469. The highest BCUT2D eigenvalue weighted by Crippen LogP contribution is 2.31. The Kier molecular flexibility index (Phi) is 3.63. The molecule has 1 saturated heterocycles. The van der Waals surface area contributed by atoms with Crippen LogP contribution < -0.4 is 5.32 Å². The van der Waals surface area contributed by atoms with E-state index >= 15 is 0 Å².